The van der Waals surface area contributed by atoms with Gasteiger partial charge in [-0.2, -0.15) is 18.4 Å². The maximum absolute atomic E-state index is 12.6. The maximum atomic E-state index is 12.6. The lowest BCUT2D eigenvalue weighted by Crippen LogP contribution is -2.60. The molecule has 2 aliphatic rings. The van der Waals surface area contributed by atoms with Crippen molar-refractivity contribution in [2.45, 2.75) is 25.4 Å². The molecule has 0 amide bonds. The second-order valence-corrected chi connectivity index (χ2v) is 6.06. The van der Waals surface area contributed by atoms with E-state index in [4.69, 9.17) is 5.26 Å². The molecular formula is C15H15F3N2. The van der Waals surface area contributed by atoms with Crippen LogP contribution in [-0.2, 0) is 12.6 Å². The zero-order valence-corrected chi connectivity index (χ0v) is 10.9. The molecule has 5 heteroatoms. The summed E-state index contributed by atoms with van der Waals surface area (Å²) in [7, 11) is 0. The van der Waals surface area contributed by atoms with Crippen molar-refractivity contribution < 1.29 is 13.2 Å². The van der Waals surface area contributed by atoms with Crippen LogP contribution in [0.4, 0.5) is 13.2 Å². The summed E-state index contributed by atoms with van der Waals surface area (Å²) in [4.78, 5) is 0. The Morgan fingerprint density at radius 3 is 2.50 bits per heavy atom. The van der Waals surface area contributed by atoms with Crippen LogP contribution in [0.2, 0.25) is 0 Å². The normalized spacial score (nSPS) is 21.1. The van der Waals surface area contributed by atoms with E-state index in [-0.39, 0.29) is 5.56 Å². The van der Waals surface area contributed by atoms with Crippen LogP contribution in [0.25, 0.3) is 0 Å². The Balaban J connectivity index is 1.72. The van der Waals surface area contributed by atoms with Gasteiger partial charge < -0.3 is 5.32 Å². The molecule has 1 spiro atoms. The molecule has 2 fully saturated rings. The molecule has 106 valence electrons. The van der Waals surface area contributed by atoms with Crippen LogP contribution in [0.5, 0.6) is 0 Å². The van der Waals surface area contributed by atoms with Crippen LogP contribution in [0.15, 0.2) is 18.2 Å². The molecule has 1 saturated heterocycles. The predicted molar refractivity (Wildman–Crippen MR) is 67.9 cm³/mol. The number of hydrogen-bond acceptors (Lipinski definition) is 2. The topological polar surface area (TPSA) is 35.8 Å². The van der Waals surface area contributed by atoms with Gasteiger partial charge in [0, 0.05) is 13.1 Å². The molecule has 1 aromatic carbocycles. The number of nitrogens with zero attached hydrogens (tertiary/aromatic N) is 1. The van der Waals surface area contributed by atoms with Gasteiger partial charge in [-0.05, 0) is 48.3 Å². The maximum Gasteiger partial charge on any atom is 0.416 e. The van der Waals surface area contributed by atoms with E-state index >= 15 is 0 Å². The number of halogens is 3. The van der Waals surface area contributed by atoms with Gasteiger partial charge >= 0.3 is 6.18 Å². The third-order valence-electron chi connectivity index (χ3n) is 4.51. The van der Waals surface area contributed by atoms with Crippen LogP contribution in [-0.4, -0.2) is 13.1 Å². The number of benzene rings is 1. The smallest absolute Gasteiger partial charge is 0.316 e. The first-order valence-electron chi connectivity index (χ1n) is 6.73. The van der Waals surface area contributed by atoms with Crippen molar-refractivity contribution in [2.75, 3.05) is 13.1 Å². The third-order valence-corrected chi connectivity index (χ3v) is 4.51. The van der Waals surface area contributed by atoms with Gasteiger partial charge in [-0.1, -0.05) is 6.07 Å². The van der Waals surface area contributed by atoms with Gasteiger partial charge in [0.25, 0.3) is 0 Å². The summed E-state index contributed by atoms with van der Waals surface area (Å²) in [5.74, 6) is 0.501. The summed E-state index contributed by atoms with van der Waals surface area (Å²) >= 11 is 0. The lowest BCUT2D eigenvalue weighted by molar-refractivity contribution is -0.137. The Morgan fingerprint density at radius 2 is 2.00 bits per heavy atom. The van der Waals surface area contributed by atoms with E-state index < -0.39 is 11.7 Å². The molecule has 0 atom stereocenters. The lowest BCUT2D eigenvalue weighted by Gasteiger charge is -2.54. The molecule has 1 heterocycles. The van der Waals surface area contributed by atoms with Crippen LogP contribution >= 0.6 is 0 Å². The van der Waals surface area contributed by atoms with Crippen molar-refractivity contribution in [3.63, 3.8) is 0 Å². The van der Waals surface area contributed by atoms with Crippen molar-refractivity contribution >= 4 is 0 Å². The Bertz CT molecular complexity index is 559. The second-order valence-electron chi connectivity index (χ2n) is 6.06. The van der Waals surface area contributed by atoms with E-state index in [1.54, 1.807) is 0 Å². The first-order valence-corrected chi connectivity index (χ1v) is 6.73. The zero-order valence-electron chi connectivity index (χ0n) is 10.9. The van der Waals surface area contributed by atoms with Crippen LogP contribution in [0.3, 0.4) is 0 Å². The molecule has 0 aromatic heterocycles. The average Bonchev–Trinajstić information content (AvgIpc) is 2.29. The minimum absolute atomic E-state index is 0.160. The van der Waals surface area contributed by atoms with Crippen LogP contribution in [0, 0.1) is 22.7 Å². The number of rotatable bonds is 2. The van der Waals surface area contributed by atoms with Crippen molar-refractivity contribution in [1.82, 2.24) is 5.32 Å². The van der Waals surface area contributed by atoms with E-state index in [9.17, 15) is 13.2 Å². The predicted octanol–water partition coefficient (Wildman–Crippen LogP) is 3.12. The minimum Gasteiger partial charge on any atom is -0.316 e. The first kappa shape index (κ1) is 13.4. The van der Waals surface area contributed by atoms with Gasteiger partial charge in [-0.15, -0.1) is 0 Å². The second kappa shape index (κ2) is 4.49. The van der Waals surface area contributed by atoms with Gasteiger partial charge in [0.2, 0.25) is 0 Å². The third kappa shape index (κ3) is 2.29. The van der Waals surface area contributed by atoms with E-state index in [0.29, 0.717) is 17.8 Å². The first-order chi connectivity index (χ1) is 9.42. The van der Waals surface area contributed by atoms with Gasteiger partial charge in [-0.3, -0.25) is 0 Å². The fraction of sp³-hybridized carbons (Fsp3) is 0.533. The largest absolute Gasteiger partial charge is 0.416 e. The molecule has 1 saturated carbocycles. The summed E-state index contributed by atoms with van der Waals surface area (Å²) in [6, 6.07) is 5.41. The Kier molecular flexibility index (Phi) is 3.02. The van der Waals surface area contributed by atoms with Gasteiger partial charge in [0.05, 0.1) is 17.2 Å². The summed E-state index contributed by atoms with van der Waals surface area (Å²) in [6.07, 6.45) is -1.44. The summed E-state index contributed by atoms with van der Waals surface area (Å²) < 4.78 is 37.8. The molecule has 1 aromatic rings. The van der Waals surface area contributed by atoms with Crippen molar-refractivity contribution in [3.05, 3.63) is 34.9 Å². The number of nitriles is 1. The van der Waals surface area contributed by atoms with E-state index in [2.05, 4.69) is 5.32 Å². The van der Waals surface area contributed by atoms with Crippen molar-refractivity contribution in [1.29, 1.82) is 5.26 Å². The fourth-order valence-electron chi connectivity index (χ4n) is 3.42. The number of nitrogens with one attached hydrogen (secondary N) is 1. The lowest BCUT2D eigenvalue weighted by atomic mass is 9.57. The Morgan fingerprint density at radius 1 is 1.30 bits per heavy atom. The molecular weight excluding hydrogens is 265 g/mol. The zero-order chi connectivity index (χ0) is 14.4. The van der Waals surface area contributed by atoms with Crippen LogP contribution < -0.4 is 5.32 Å². The summed E-state index contributed by atoms with van der Waals surface area (Å²) in [6.45, 7) is 2.11. The Hall–Kier alpha value is -1.54. The van der Waals surface area contributed by atoms with Crippen LogP contribution in [0.1, 0.15) is 29.5 Å². The van der Waals surface area contributed by atoms with Crippen molar-refractivity contribution in [3.8, 4) is 6.07 Å². The highest BCUT2D eigenvalue weighted by atomic mass is 19.4. The average molecular weight is 280 g/mol. The standard InChI is InChI=1S/C15H15F3N2/c16-15(17,18)13-2-1-11(12(4-13)7-19)3-10-5-14(6-10)8-20-9-14/h1-2,4,10,20H,3,5-6,8-9H2. The van der Waals surface area contributed by atoms with Crippen molar-refractivity contribution in [2.24, 2.45) is 11.3 Å². The summed E-state index contributed by atoms with van der Waals surface area (Å²) in [5.41, 5.74) is 0.606. The molecule has 1 aliphatic carbocycles. The molecule has 0 unspecified atom stereocenters. The Labute approximate surface area is 115 Å². The summed E-state index contributed by atoms with van der Waals surface area (Å²) in [5, 5.41) is 12.3. The highest BCUT2D eigenvalue weighted by molar-refractivity contribution is 5.42. The molecule has 1 aliphatic heterocycles. The molecule has 0 radical (unpaired) electrons. The monoisotopic (exact) mass is 280 g/mol. The highest BCUT2D eigenvalue weighted by Crippen LogP contribution is 2.49. The van der Waals surface area contributed by atoms with E-state index in [0.717, 1.165) is 43.6 Å². The SMILES string of the molecule is N#Cc1cc(C(F)(F)F)ccc1CC1CC2(CNC2)C1. The minimum atomic E-state index is -4.39. The van der Waals surface area contributed by atoms with E-state index in [1.807, 2.05) is 6.07 Å². The highest BCUT2D eigenvalue weighted by Gasteiger charge is 2.48. The van der Waals surface area contributed by atoms with E-state index in [1.165, 1.54) is 6.07 Å². The molecule has 1 N–H and O–H groups in total. The quantitative estimate of drug-likeness (QED) is 0.903. The fourth-order valence-corrected chi connectivity index (χ4v) is 3.42. The van der Waals surface area contributed by atoms with Gasteiger partial charge in [-0.25, -0.2) is 0 Å². The molecule has 0 bridgehead atoms. The molecule has 2 nitrogen and oxygen atoms in total. The number of hydrogen-bond donors (Lipinski definition) is 1. The van der Waals surface area contributed by atoms with Gasteiger partial charge in [0.15, 0.2) is 0 Å². The van der Waals surface area contributed by atoms with Gasteiger partial charge in [0.1, 0.15) is 0 Å². The molecule has 20 heavy (non-hydrogen) atoms. The number of alkyl halides is 3. The molecule has 3 rings (SSSR count).